The minimum atomic E-state index is -0.201. The zero-order valence-electron chi connectivity index (χ0n) is 8.33. The van der Waals surface area contributed by atoms with Gasteiger partial charge in [-0.1, -0.05) is 22.0 Å². The third kappa shape index (κ3) is 4.80. The van der Waals surface area contributed by atoms with Crippen LogP contribution in [-0.2, 0) is 9.63 Å². The molecule has 0 bridgehead atoms. The van der Waals surface area contributed by atoms with Crippen molar-refractivity contribution in [2.24, 2.45) is 0 Å². The number of hydroxylamine groups is 1. The Hall–Kier alpha value is -1.07. The van der Waals surface area contributed by atoms with Gasteiger partial charge in [0, 0.05) is 4.47 Å². The van der Waals surface area contributed by atoms with Crippen molar-refractivity contribution in [3.05, 3.63) is 28.7 Å². The monoisotopic (exact) mass is 273 g/mol. The van der Waals surface area contributed by atoms with Gasteiger partial charge < -0.3 is 4.74 Å². The zero-order chi connectivity index (χ0) is 11.1. The molecule has 0 saturated heterocycles. The van der Waals surface area contributed by atoms with E-state index in [1.807, 2.05) is 24.3 Å². The summed E-state index contributed by atoms with van der Waals surface area (Å²) in [5.41, 5.74) is 2.21. The van der Waals surface area contributed by atoms with E-state index >= 15 is 0 Å². The van der Waals surface area contributed by atoms with E-state index in [1.165, 1.54) is 7.11 Å². The van der Waals surface area contributed by atoms with E-state index in [1.54, 1.807) is 0 Å². The van der Waals surface area contributed by atoms with Gasteiger partial charge >= 0.3 is 0 Å². The van der Waals surface area contributed by atoms with Crippen molar-refractivity contribution in [3.8, 4) is 5.75 Å². The van der Waals surface area contributed by atoms with Gasteiger partial charge in [0.15, 0.2) is 0 Å². The molecule has 1 amide bonds. The molecule has 0 heterocycles. The Bertz CT molecular complexity index is 330. The van der Waals surface area contributed by atoms with Gasteiger partial charge in [-0.05, 0) is 18.2 Å². The van der Waals surface area contributed by atoms with Crippen molar-refractivity contribution in [3.63, 3.8) is 0 Å². The molecule has 4 nitrogen and oxygen atoms in total. The molecule has 0 aliphatic carbocycles. The molecule has 0 aliphatic heterocycles. The standard InChI is InChI=1S/C10H12BrNO3/c1-14-12-10(13)5-6-15-9-4-2-3-8(11)7-9/h2-4,7H,5-6H2,1H3,(H,12,13). The Morgan fingerprint density at radius 3 is 3.00 bits per heavy atom. The maximum absolute atomic E-state index is 11.0. The van der Waals surface area contributed by atoms with Gasteiger partial charge in [0.05, 0.1) is 20.1 Å². The minimum Gasteiger partial charge on any atom is -0.493 e. The second-order valence-electron chi connectivity index (χ2n) is 2.79. The van der Waals surface area contributed by atoms with Crippen LogP contribution in [0.15, 0.2) is 28.7 Å². The fourth-order valence-electron chi connectivity index (χ4n) is 0.983. The Morgan fingerprint density at radius 1 is 1.53 bits per heavy atom. The van der Waals surface area contributed by atoms with Crippen LogP contribution in [0.3, 0.4) is 0 Å². The average Bonchev–Trinajstić information content (AvgIpc) is 2.18. The summed E-state index contributed by atoms with van der Waals surface area (Å²) in [4.78, 5) is 15.4. The number of hydrogen-bond acceptors (Lipinski definition) is 3. The molecule has 82 valence electrons. The van der Waals surface area contributed by atoms with Crippen LogP contribution in [0.1, 0.15) is 6.42 Å². The van der Waals surface area contributed by atoms with Gasteiger partial charge in [-0.3, -0.25) is 9.63 Å². The van der Waals surface area contributed by atoms with Crippen molar-refractivity contribution in [2.45, 2.75) is 6.42 Å². The van der Waals surface area contributed by atoms with Gasteiger partial charge in [-0.25, -0.2) is 5.48 Å². The van der Waals surface area contributed by atoms with E-state index in [2.05, 4.69) is 26.2 Å². The number of benzene rings is 1. The van der Waals surface area contributed by atoms with Crippen molar-refractivity contribution >= 4 is 21.8 Å². The Labute approximate surface area is 96.7 Å². The number of rotatable bonds is 5. The first-order valence-corrected chi connectivity index (χ1v) is 5.22. The van der Waals surface area contributed by atoms with E-state index < -0.39 is 0 Å². The first-order chi connectivity index (χ1) is 7.22. The first-order valence-electron chi connectivity index (χ1n) is 4.42. The van der Waals surface area contributed by atoms with E-state index in [4.69, 9.17) is 4.74 Å². The predicted molar refractivity (Wildman–Crippen MR) is 59.4 cm³/mol. The maximum Gasteiger partial charge on any atom is 0.246 e. The lowest BCUT2D eigenvalue weighted by Gasteiger charge is -2.06. The van der Waals surface area contributed by atoms with Gasteiger partial charge in [0.2, 0.25) is 5.91 Å². The Balaban J connectivity index is 2.28. The van der Waals surface area contributed by atoms with Crippen LogP contribution in [0, 0.1) is 0 Å². The lowest BCUT2D eigenvalue weighted by molar-refractivity contribution is -0.131. The molecule has 0 unspecified atom stereocenters. The molecule has 0 spiro atoms. The zero-order valence-corrected chi connectivity index (χ0v) is 9.91. The molecule has 0 radical (unpaired) electrons. The van der Waals surface area contributed by atoms with Crippen LogP contribution in [0.25, 0.3) is 0 Å². The maximum atomic E-state index is 11.0. The summed E-state index contributed by atoms with van der Waals surface area (Å²) >= 11 is 3.33. The van der Waals surface area contributed by atoms with Crippen molar-refractivity contribution < 1.29 is 14.4 Å². The third-order valence-corrected chi connectivity index (χ3v) is 2.10. The highest BCUT2D eigenvalue weighted by Crippen LogP contribution is 2.17. The predicted octanol–water partition coefficient (Wildman–Crippen LogP) is 1.90. The quantitative estimate of drug-likeness (QED) is 0.834. The lowest BCUT2D eigenvalue weighted by Crippen LogP contribution is -2.23. The SMILES string of the molecule is CONC(=O)CCOc1cccc(Br)c1. The number of ether oxygens (including phenoxy) is 1. The summed E-state index contributed by atoms with van der Waals surface area (Å²) in [6.45, 7) is 0.325. The molecular weight excluding hydrogens is 262 g/mol. The first kappa shape index (κ1) is 12.0. The van der Waals surface area contributed by atoms with E-state index in [0.717, 1.165) is 10.2 Å². The molecular formula is C10H12BrNO3. The molecule has 0 atom stereocenters. The fourth-order valence-corrected chi connectivity index (χ4v) is 1.36. The summed E-state index contributed by atoms with van der Waals surface area (Å²) in [6, 6.07) is 7.45. The number of nitrogens with one attached hydrogen (secondary N) is 1. The second kappa shape index (κ2) is 6.42. The number of carbonyl (C=O) groups is 1. The topological polar surface area (TPSA) is 47.6 Å². The summed E-state index contributed by atoms with van der Waals surface area (Å²) < 4.78 is 6.30. The van der Waals surface area contributed by atoms with Crippen molar-refractivity contribution in [1.29, 1.82) is 0 Å². The van der Waals surface area contributed by atoms with E-state index in [0.29, 0.717) is 6.61 Å². The number of amides is 1. The van der Waals surface area contributed by atoms with Gasteiger partial charge in [0.1, 0.15) is 5.75 Å². The van der Waals surface area contributed by atoms with Gasteiger partial charge in [-0.2, -0.15) is 0 Å². The Kier molecular flexibility index (Phi) is 5.14. The van der Waals surface area contributed by atoms with Crippen molar-refractivity contribution in [1.82, 2.24) is 5.48 Å². The highest BCUT2D eigenvalue weighted by molar-refractivity contribution is 9.10. The second-order valence-corrected chi connectivity index (χ2v) is 3.70. The molecule has 0 aromatic heterocycles. The lowest BCUT2D eigenvalue weighted by atomic mass is 10.3. The highest BCUT2D eigenvalue weighted by atomic mass is 79.9. The third-order valence-electron chi connectivity index (χ3n) is 1.61. The van der Waals surface area contributed by atoms with Crippen LogP contribution in [0.2, 0.25) is 0 Å². The van der Waals surface area contributed by atoms with Crippen molar-refractivity contribution in [2.75, 3.05) is 13.7 Å². The molecule has 15 heavy (non-hydrogen) atoms. The molecule has 1 aromatic carbocycles. The molecule has 0 aliphatic rings. The van der Waals surface area contributed by atoms with Crippen LogP contribution < -0.4 is 10.2 Å². The molecule has 5 heteroatoms. The molecule has 1 aromatic rings. The van der Waals surface area contributed by atoms with Crippen LogP contribution in [0.4, 0.5) is 0 Å². The summed E-state index contributed by atoms with van der Waals surface area (Å²) in [5, 5.41) is 0. The van der Waals surface area contributed by atoms with E-state index in [9.17, 15) is 4.79 Å². The van der Waals surface area contributed by atoms with Crippen LogP contribution in [0.5, 0.6) is 5.75 Å². The molecule has 0 saturated carbocycles. The molecule has 1 N–H and O–H groups in total. The molecule has 1 rings (SSSR count). The van der Waals surface area contributed by atoms with E-state index in [-0.39, 0.29) is 12.3 Å². The van der Waals surface area contributed by atoms with Gasteiger partial charge in [0.25, 0.3) is 0 Å². The number of hydrogen-bond donors (Lipinski definition) is 1. The largest absolute Gasteiger partial charge is 0.493 e. The highest BCUT2D eigenvalue weighted by Gasteiger charge is 2.00. The Morgan fingerprint density at radius 2 is 2.33 bits per heavy atom. The molecule has 0 fully saturated rings. The summed E-state index contributed by atoms with van der Waals surface area (Å²) in [5.74, 6) is 0.530. The normalized spacial score (nSPS) is 9.73. The summed E-state index contributed by atoms with van der Waals surface area (Å²) in [6.07, 6.45) is 0.264. The smallest absolute Gasteiger partial charge is 0.246 e. The fraction of sp³-hybridized carbons (Fsp3) is 0.300. The van der Waals surface area contributed by atoms with Crippen LogP contribution in [-0.4, -0.2) is 19.6 Å². The minimum absolute atomic E-state index is 0.201. The average molecular weight is 274 g/mol. The number of carbonyl (C=O) groups excluding carboxylic acids is 1. The van der Waals surface area contributed by atoms with Gasteiger partial charge in [-0.15, -0.1) is 0 Å². The number of halogens is 1. The summed E-state index contributed by atoms with van der Waals surface area (Å²) in [7, 11) is 1.40. The van der Waals surface area contributed by atoms with Crippen LogP contribution >= 0.6 is 15.9 Å².